The van der Waals surface area contributed by atoms with Crippen molar-refractivity contribution >= 4 is 11.3 Å². The summed E-state index contributed by atoms with van der Waals surface area (Å²) in [5.74, 6) is 1.16. The number of ether oxygens (including phenoxy) is 2. The zero-order valence-electron chi connectivity index (χ0n) is 14.0. The lowest BCUT2D eigenvalue weighted by Gasteiger charge is -2.15. The third-order valence-corrected chi connectivity index (χ3v) is 4.65. The second-order valence-corrected chi connectivity index (χ2v) is 6.58. The molecule has 1 aromatic heterocycles. The summed E-state index contributed by atoms with van der Waals surface area (Å²) in [7, 11) is 1.63. The average molecular weight is 357 g/mol. The monoisotopic (exact) mass is 357 g/mol. The van der Waals surface area contributed by atoms with Gasteiger partial charge in [0, 0.05) is 23.5 Å². The van der Waals surface area contributed by atoms with E-state index in [1.807, 2.05) is 24.3 Å². The Kier molecular flexibility index (Phi) is 6.04. The summed E-state index contributed by atoms with van der Waals surface area (Å²) in [6.07, 6.45) is 0. The summed E-state index contributed by atoms with van der Waals surface area (Å²) < 4.78 is 24.4. The molecule has 1 N–H and O–H groups in total. The number of hydrogen-bond donors (Lipinski definition) is 1. The van der Waals surface area contributed by atoms with Gasteiger partial charge in [0.05, 0.1) is 7.11 Å². The van der Waals surface area contributed by atoms with Gasteiger partial charge in [-0.3, -0.25) is 0 Å². The first-order valence-electron chi connectivity index (χ1n) is 8.02. The summed E-state index contributed by atoms with van der Waals surface area (Å²) in [6.45, 7) is 1.85. The fourth-order valence-corrected chi connectivity index (χ4v) is 3.17. The van der Waals surface area contributed by atoms with Crippen LogP contribution in [0.4, 0.5) is 4.39 Å². The van der Waals surface area contributed by atoms with Crippen LogP contribution in [0.2, 0.25) is 0 Å². The van der Waals surface area contributed by atoms with Crippen molar-refractivity contribution in [3.63, 3.8) is 0 Å². The Balaban J connectivity index is 1.68. The molecular weight excluding hydrogens is 337 g/mol. The van der Waals surface area contributed by atoms with Crippen LogP contribution >= 0.6 is 11.3 Å². The molecule has 0 atom stereocenters. The fourth-order valence-electron chi connectivity index (χ4n) is 2.49. The Morgan fingerprint density at radius 1 is 1.00 bits per heavy atom. The lowest BCUT2D eigenvalue weighted by atomic mass is 10.1. The molecule has 1 heterocycles. The molecule has 2 aromatic carbocycles. The van der Waals surface area contributed by atoms with Crippen LogP contribution in [0.5, 0.6) is 11.5 Å². The molecule has 0 saturated carbocycles. The molecule has 0 radical (unpaired) electrons. The molecule has 5 heteroatoms. The predicted octanol–water partition coefficient (Wildman–Crippen LogP) is 4.76. The Morgan fingerprint density at radius 3 is 2.56 bits per heavy atom. The maximum absolute atomic E-state index is 13.0. The highest BCUT2D eigenvalue weighted by molar-refractivity contribution is 7.09. The Bertz CT molecular complexity index is 788. The second-order valence-electron chi connectivity index (χ2n) is 5.55. The molecule has 0 saturated heterocycles. The number of halogens is 1. The van der Waals surface area contributed by atoms with E-state index in [2.05, 4.69) is 16.8 Å². The molecule has 3 nitrogen and oxygen atoms in total. The van der Waals surface area contributed by atoms with Gasteiger partial charge in [-0.05, 0) is 35.2 Å². The average Bonchev–Trinajstić information content (AvgIpc) is 3.15. The molecule has 0 aliphatic rings. The van der Waals surface area contributed by atoms with E-state index < -0.39 is 0 Å². The van der Waals surface area contributed by atoms with Crippen molar-refractivity contribution in [2.75, 3.05) is 7.11 Å². The van der Waals surface area contributed by atoms with Gasteiger partial charge in [0.2, 0.25) is 0 Å². The van der Waals surface area contributed by atoms with Crippen LogP contribution in [0, 0.1) is 5.82 Å². The molecule has 0 amide bonds. The topological polar surface area (TPSA) is 30.5 Å². The van der Waals surface area contributed by atoms with Crippen molar-refractivity contribution in [3.8, 4) is 11.5 Å². The van der Waals surface area contributed by atoms with Crippen molar-refractivity contribution in [2.24, 2.45) is 0 Å². The van der Waals surface area contributed by atoms with Gasteiger partial charge in [-0.25, -0.2) is 4.39 Å². The molecule has 0 bridgehead atoms. The van der Waals surface area contributed by atoms with E-state index in [1.54, 1.807) is 30.6 Å². The number of para-hydroxylation sites is 1. The van der Waals surface area contributed by atoms with Gasteiger partial charge in [-0.1, -0.05) is 30.3 Å². The molecule has 0 unspecified atom stereocenters. The van der Waals surface area contributed by atoms with Gasteiger partial charge >= 0.3 is 0 Å². The maximum Gasteiger partial charge on any atom is 0.166 e. The molecule has 0 spiro atoms. The van der Waals surface area contributed by atoms with Crippen molar-refractivity contribution in [3.05, 3.63) is 81.8 Å². The number of nitrogens with one attached hydrogen (secondary N) is 1. The smallest absolute Gasteiger partial charge is 0.166 e. The maximum atomic E-state index is 13.0. The molecule has 25 heavy (non-hydrogen) atoms. The minimum Gasteiger partial charge on any atom is -0.493 e. The number of methoxy groups -OCH3 is 1. The molecule has 3 aromatic rings. The Hall–Kier alpha value is -2.37. The largest absolute Gasteiger partial charge is 0.493 e. The Morgan fingerprint density at radius 2 is 1.84 bits per heavy atom. The minimum absolute atomic E-state index is 0.250. The number of benzene rings is 2. The van der Waals surface area contributed by atoms with Crippen LogP contribution in [0.3, 0.4) is 0 Å². The van der Waals surface area contributed by atoms with Gasteiger partial charge in [0.1, 0.15) is 12.4 Å². The third-order valence-electron chi connectivity index (χ3n) is 3.77. The zero-order valence-corrected chi connectivity index (χ0v) is 14.8. The van der Waals surface area contributed by atoms with E-state index in [9.17, 15) is 4.39 Å². The summed E-state index contributed by atoms with van der Waals surface area (Å²) >= 11 is 1.73. The first-order valence-corrected chi connectivity index (χ1v) is 8.90. The summed E-state index contributed by atoms with van der Waals surface area (Å²) in [5.41, 5.74) is 1.93. The lowest BCUT2D eigenvalue weighted by molar-refractivity contribution is 0.280. The van der Waals surface area contributed by atoms with E-state index in [-0.39, 0.29) is 5.82 Å². The lowest BCUT2D eigenvalue weighted by Crippen LogP contribution is -2.13. The summed E-state index contributed by atoms with van der Waals surface area (Å²) in [6, 6.07) is 16.3. The van der Waals surface area contributed by atoms with Crippen LogP contribution in [0.1, 0.15) is 16.0 Å². The SMILES string of the molecule is COc1cccc(CNCc2cccs2)c1OCc1ccc(F)cc1. The highest BCUT2D eigenvalue weighted by Crippen LogP contribution is 2.32. The first-order chi connectivity index (χ1) is 12.3. The summed E-state index contributed by atoms with van der Waals surface area (Å²) in [5, 5.41) is 5.50. The van der Waals surface area contributed by atoms with Crippen LogP contribution in [-0.4, -0.2) is 7.11 Å². The highest BCUT2D eigenvalue weighted by Gasteiger charge is 2.11. The Labute approximate surface area is 151 Å². The van der Waals surface area contributed by atoms with Gasteiger partial charge in [0.25, 0.3) is 0 Å². The molecule has 0 fully saturated rings. The van der Waals surface area contributed by atoms with Crippen LogP contribution in [0.15, 0.2) is 60.0 Å². The van der Waals surface area contributed by atoms with E-state index in [0.717, 1.165) is 17.7 Å². The van der Waals surface area contributed by atoms with Gasteiger partial charge in [-0.15, -0.1) is 11.3 Å². The number of rotatable bonds is 8. The van der Waals surface area contributed by atoms with Crippen molar-refractivity contribution < 1.29 is 13.9 Å². The van der Waals surface area contributed by atoms with E-state index in [1.165, 1.54) is 17.0 Å². The van der Waals surface area contributed by atoms with Crippen molar-refractivity contribution in [1.29, 1.82) is 0 Å². The molecule has 0 aliphatic carbocycles. The van der Waals surface area contributed by atoms with E-state index in [4.69, 9.17) is 9.47 Å². The van der Waals surface area contributed by atoms with Gasteiger partial charge < -0.3 is 14.8 Å². The third kappa shape index (κ3) is 4.81. The number of thiophene rings is 1. The van der Waals surface area contributed by atoms with Gasteiger partial charge in [0.15, 0.2) is 11.5 Å². The fraction of sp³-hybridized carbons (Fsp3) is 0.200. The molecular formula is C20H20FNO2S. The molecule has 0 aliphatic heterocycles. The zero-order chi connectivity index (χ0) is 17.5. The van der Waals surface area contributed by atoms with E-state index in [0.29, 0.717) is 24.7 Å². The van der Waals surface area contributed by atoms with Crippen molar-refractivity contribution in [2.45, 2.75) is 19.7 Å². The second kappa shape index (κ2) is 8.65. The van der Waals surface area contributed by atoms with Crippen molar-refractivity contribution in [1.82, 2.24) is 5.32 Å². The van der Waals surface area contributed by atoms with E-state index >= 15 is 0 Å². The standard InChI is InChI=1S/C20H20FNO2S/c1-23-19-6-2-4-16(12-22-13-18-5-3-11-25-18)20(19)24-14-15-7-9-17(21)10-8-15/h2-11,22H,12-14H2,1H3. The van der Waals surface area contributed by atoms with Crippen LogP contribution in [-0.2, 0) is 19.7 Å². The highest BCUT2D eigenvalue weighted by atomic mass is 32.1. The van der Waals surface area contributed by atoms with Crippen LogP contribution < -0.4 is 14.8 Å². The minimum atomic E-state index is -0.250. The predicted molar refractivity (Wildman–Crippen MR) is 98.6 cm³/mol. The quantitative estimate of drug-likeness (QED) is 0.630. The molecule has 3 rings (SSSR count). The normalized spacial score (nSPS) is 10.6. The number of hydrogen-bond acceptors (Lipinski definition) is 4. The van der Waals surface area contributed by atoms with Gasteiger partial charge in [-0.2, -0.15) is 0 Å². The first kappa shape index (κ1) is 17.5. The summed E-state index contributed by atoms with van der Waals surface area (Å²) in [4.78, 5) is 1.29. The molecule has 130 valence electrons. The van der Waals surface area contributed by atoms with Crippen LogP contribution in [0.25, 0.3) is 0 Å².